The smallest absolute Gasteiger partial charge is 0.269 e. The van der Waals surface area contributed by atoms with Gasteiger partial charge in [0.05, 0.1) is 0 Å². The molecule has 0 amide bonds. The molecule has 0 atom stereocenters. The van der Waals surface area contributed by atoms with E-state index in [0.717, 1.165) is 0 Å². The van der Waals surface area contributed by atoms with Crippen LogP contribution in [0.15, 0.2) is 29.4 Å². The summed E-state index contributed by atoms with van der Waals surface area (Å²) >= 11 is 0. The number of rotatable bonds is 0. The fraction of sp³-hybridized carbons (Fsp3) is 0.125. The Bertz CT molecular complexity index is 322. The quantitative estimate of drug-likeness (QED) is 0.465. The third kappa shape index (κ3) is 1.07. The van der Waals surface area contributed by atoms with E-state index in [9.17, 15) is 0 Å². The van der Waals surface area contributed by atoms with E-state index in [0.29, 0.717) is 11.5 Å². The van der Waals surface area contributed by atoms with Gasteiger partial charge in [-0.1, -0.05) is 17.3 Å². The zero-order valence-electron chi connectivity index (χ0n) is 6.23. The van der Waals surface area contributed by atoms with E-state index in [2.05, 4.69) is 5.16 Å². The highest BCUT2D eigenvalue weighted by Gasteiger charge is 2.15. The van der Waals surface area contributed by atoms with E-state index >= 15 is 0 Å². The van der Waals surface area contributed by atoms with Gasteiger partial charge in [-0.15, -0.1) is 0 Å². The molecule has 4 heteroatoms. The molecule has 0 aliphatic carbocycles. The van der Waals surface area contributed by atoms with E-state index < -0.39 is 0 Å². The Hall–Kier alpha value is -1.71. The average Bonchev–Trinajstić information content (AvgIpc) is 2.17. The fourth-order valence-corrected chi connectivity index (χ4v) is 0.999. The van der Waals surface area contributed by atoms with Gasteiger partial charge in [0, 0.05) is 0 Å². The van der Waals surface area contributed by atoms with E-state index in [1.165, 1.54) is 0 Å². The standard InChI is InChI=1S/C8H7NO3/c10-9-8-5-11-6-3-1-2-4-7(6)12-8/h1-4,10H,5H2/b9-8+. The van der Waals surface area contributed by atoms with Crippen LogP contribution in [0.25, 0.3) is 0 Å². The molecular formula is C8H7NO3. The van der Waals surface area contributed by atoms with Crippen LogP contribution >= 0.6 is 0 Å². The van der Waals surface area contributed by atoms with Crippen molar-refractivity contribution in [2.45, 2.75) is 0 Å². The van der Waals surface area contributed by atoms with E-state index in [1.807, 2.05) is 12.1 Å². The predicted octanol–water partition coefficient (Wildman–Crippen LogP) is 1.25. The van der Waals surface area contributed by atoms with Gasteiger partial charge in [-0.05, 0) is 12.1 Å². The zero-order valence-corrected chi connectivity index (χ0v) is 6.23. The fourth-order valence-electron chi connectivity index (χ4n) is 0.999. The summed E-state index contributed by atoms with van der Waals surface area (Å²) in [5.74, 6) is 1.43. The molecule has 1 heterocycles. The molecule has 1 N–H and O–H groups in total. The lowest BCUT2D eigenvalue weighted by Gasteiger charge is -2.17. The molecule has 2 rings (SSSR count). The van der Waals surface area contributed by atoms with Crippen LogP contribution in [0, 0.1) is 0 Å². The number of benzene rings is 1. The van der Waals surface area contributed by atoms with Crippen molar-refractivity contribution >= 4 is 5.90 Å². The minimum absolute atomic E-state index is 0.174. The van der Waals surface area contributed by atoms with Crippen molar-refractivity contribution < 1.29 is 14.7 Å². The van der Waals surface area contributed by atoms with Crippen LogP contribution in [-0.2, 0) is 0 Å². The second kappa shape index (κ2) is 2.73. The van der Waals surface area contributed by atoms with Crippen LogP contribution in [0.1, 0.15) is 0 Å². The minimum atomic E-state index is 0.174. The lowest BCUT2D eigenvalue weighted by Crippen LogP contribution is -2.23. The molecule has 0 saturated heterocycles. The van der Waals surface area contributed by atoms with Gasteiger partial charge in [0.15, 0.2) is 18.1 Å². The Morgan fingerprint density at radius 1 is 1.25 bits per heavy atom. The molecule has 1 aliphatic heterocycles. The third-order valence-corrected chi connectivity index (χ3v) is 1.54. The lowest BCUT2D eigenvalue weighted by molar-refractivity contribution is 0.260. The summed E-state index contributed by atoms with van der Waals surface area (Å²) in [5, 5.41) is 11.3. The van der Waals surface area contributed by atoms with E-state index in [-0.39, 0.29) is 12.5 Å². The molecule has 1 aromatic rings. The van der Waals surface area contributed by atoms with Crippen LogP contribution in [0.2, 0.25) is 0 Å². The van der Waals surface area contributed by atoms with E-state index in [1.54, 1.807) is 12.1 Å². The summed E-state index contributed by atoms with van der Waals surface area (Å²) < 4.78 is 10.4. The second-order valence-electron chi connectivity index (χ2n) is 2.33. The SMILES string of the molecule is O/N=C1\COc2ccccc2O1. The first kappa shape index (κ1) is 6.97. The number of ether oxygens (including phenoxy) is 2. The molecule has 0 saturated carbocycles. The van der Waals surface area contributed by atoms with Crippen molar-refractivity contribution in [1.29, 1.82) is 0 Å². The summed E-state index contributed by atoms with van der Waals surface area (Å²) in [6, 6.07) is 7.22. The maximum atomic E-state index is 8.40. The molecule has 62 valence electrons. The van der Waals surface area contributed by atoms with Crippen LogP contribution in [-0.4, -0.2) is 17.7 Å². The number of hydrogen-bond donors (Lipinski definition) is 1. The molecule has 1 aliphatic rings. The van der Waals surface area contributed by atoms with Crippen molar-refractivity contribution in [2.75, 3.05) is 6.61 Å². The molecule has 12 heavy (non-hydrogen) atoms. The topological polar surface area (TPSA) is 51.1 Å². The maximum Gasteiger partial charge on any atom is 0.269 e. The number of oxime groups is 1. The molecule has 4 nitrogen and oxygen atoms in total. The minimum Gasteiger partial charge on any atom is -0.480 e. The Balaban J connectivity index is 2.35. The zero-order chi connectivity index (χ0) is 8.39. The number of hydrogen-bond acceptors (Lipinski definition) is 4. The van der Waals surface area contributed by atoms with Gasteiger partial charge in [0.25, 0.3) is 5.90 Å². The Morgan fingerprint density at radius 3 is 2.75 bits per heavy atom. The summed E-state index contributed by atoms with van der Waals surface area (Å²) in [4.78, 5) is 0. The predicted molar refractivity (Wildman–Crippen MR) is 41.8 cm³/mol. The summed E-state index contributed by atoms with van der Waals surface area (Å²) in [5.41, 5.74) is 0. The maximum absolute atomic E-state index is 8.40. The van der Waals surface area contributed by atoms with Gasteiger partial charge in [0.1, 0.15) is 0 Å². The van der Waals surface area contributed by atoms with Crippen molar-refractivity contribution in [3.05, 3.63) is 24.3 Å². The highest BCUT2D eigenvalue weighted by atomic mass is 16.6. The normalized spacial score (nSPS) is 17.8. The number of para-hydroxylation sites is 2. The molecule has 1 aromatic carbocycles. The first-order chi connectivity index (χ1) is 5.90. The third-order valence-electron chi connectivity index (χ3n) is 1.54. The van der Waals surface area contributed by atoms with Crippen molar-refractivity contribution in [3.63, 3.8) is 0 Å². The highest BCUT2D eigenvalue weighted by Crippen LogP contribution is 2.29. The summed E-state index contributed by atoms with van der Waals surface area (Å²) in [6.07, 6.45) is 0. The Morgan fingerprint density at radius 2 is 2.00 bits per heavy atom. The van der Waals surface area contributed by atoms with Crippen LogP contribution in [0.5, 0.6) is 11.5 Å². The van der Waals surface area contributed by atoms with Gasteiger partial charge < -0.3 is 14.7 Å². The molecule has 0 unspecified atom stereocenters. The van der Waals surface area contributed by atoms with E-state index in [4.69, 9.17) is 14.7 Å². The number of nitrogens with zero attached hydrogens (tertiary/aromatic N) is 1. The van der Waals surface area contributed by atoms with Crippen LogP contribution in [0.3, 0.4) is 0 Å². The first-order valence-corrected chi connectivity index (χ1v) is 3.51. The summed E-state index contributed by atoms with van der Waals surface area (Å²) in [6.45, 7) is 0.174. The molecular weight excluding hydrogens is 158 g/mol. The van der Waals surface area contributed by atoms with Gasteiger partial charge in [-0.2, -0.15) is 0 Å². The van der Waals surface area contributed by atoms with Gasteiger partial charge in [-0.3, -0.25) is 0 Å². The molecule has 0 aromatic heterocycles. The van der Waals surface area contributed by atoms with Crippen LogP contribution in [0.4, 0.5) is 0 Å². The van der Waals surface area contributed by atoms with Crippen molar-refractivity contribution in [1.82, 2.24) is 0 Å². The monoisotopic (exact) mass is 165 g/mol. The molecule has 0 bridgehead atoms. The molecule has 0 spiro atoms. The largest absolute Gasteiger partial charge is 0.480 e. The Kier molecular flexibility index (Phi) is 1.59. The summed E-state index contributed by atoms with van der Waals surface area (Å²) in [7, 11) is 0. The van der Waals surface area contributed by atoms with Gasteiger partial charge in [-0.25, -0.2) is 0 Å². The molecule has 0 radical (unpaired) electrons. The molecule has 0 fully saturated rings. The number of fused-ring (bicyclic) bond motifs is 1. The van der Waals surface area contributed by atoms with Crippen molar-refractivity contribution in [2.24, 2.45) is 5.16 Å². The van der Waals surface area contributed by atoms with Gasteiger partial charge in [0.2, 0.25) is 0 Å². The second-order valence-corrected chi connectivity index (χ2v) is 2.33. The first-order valence-electron chi connectivity index (χ1n) is 3.51. The van der Waals surface area contributed by atoms with Gasteiger partial charge >= 0.3 is 0 Å². The lowest BCUT2D eigenvalue weighted by atomic mass is 10.3. The average molecular weight is 165 g/mol. The van der Waals surface area contributed by atoms with Crippen molar-refractivity contribution in [3.8, 4) is 11.5 Å². The Labute approximate surface area is 69.0 Å². The highest BCUT2D eigenvalue weighted by molar-refractivity contribution is 5.81. The van der Waals surface area contributed by atoms with Crippen LogP contribution < -0.4 is 9.47 Å².